The summed E-state index contributed by atoms with van der Waals surface area (Å²) in [5.41, 5.74) is 2.71. The van der Waals surface area contributed by atoms with Crippen LogP contribution in [0.4, 0.5) is 5.82 Å². The van der Waals surface area contributed by atoms with E-state index < -0.39 is 0 Å². The van der Waals surface area contributed by atoms with Crippen molar-refractivity contribution < 1.29 is 10.0 Å². The summed E-state index contributed by atoms with van der Waals surface area (Å²) in [6, 6.07) is 10.6. The van der Waals surface area contributed by atoms with E-state index in [1.807, 2.05) is 0 Å². The lowest BCUT2D eigenvalue weighted by Gasteiger charge is -2.24. The van der Waals surface area contributed by atoms with Gasteiger partial charge in [-0.3, -0.25) is 0 Å². The quantitative estimate of drug-likeness (QED) is 0.459. The first-order valence-corrected chi connectivity index (χ1v) is 9.89. The normalized spacial score (nSPS) is 16.7. The summed E-state index contributed by atoms with van der Waals surface area (Å²) in [6.07, 6.45) is 1.00. The van der Waals surface area contributed by atoms with Gasteiger partial charge < -0.3 is 15.3 Å². The van der Waals surface area contributed by atoms with Gasteiger partial charge in [-0.05, 0) is 16.0 Å². The smallest absolute Gasteiger partial charge is 0.276 e. The van der Waals surface area contributed by atoms with Gasteiger partial charge in [0.1, 0.15) is 23.7 Å². The number of aliphatic hydroxyl groups is 1. The highest BCUT2D eigenvalue weighted by Crippen LogP contribution is 2.36. The minimum absolute atomic E-state index is 0.0562. The Labute approximate surface area is 159 Å². The first kappa shape index (κ1) is 16.5. The molecule has 0 saturated carbocycles. The summed E-state index contributed by atoms with van der Waals surface area (Å²) < 4.78 is 1.72. The summed E-state index contributed by atoms with van der Waals surface area (Å²) in [5.74, 6) is 1.25. The molecule has 27 heavy (non-hydrogen) atoms. The minimum Gasteiger partial charge on any atom is -0.395 e. The van der Waals surface area contributed by atoms with E-state index in [1.165, 1.54) is 16.0 Å². The fraction of sp³-hybridized carbons (Fsp3) is 0.333. The third-order valence-electron chi connectivity index (χ3n) is 5.01. The monoisotopic (exact) mass is 382 g/mol. The molecule has 138 valence electrons. The third-order valence-corrected chi connectivity index (χ3v) is 6.21. The van der Waals surface area contributed by atoms with Gasteiger partial charge in [-0.25, -0.2) is 0 Å². The molecule has 1 aliphatic rings. The number of hydrogen-bond acceptors (Lipinski definition) is 7. The molecule has 1 aromatic carbocycles. The number of nitrogens with zero attached hydrogens (tertiary/aromatic N) is 5. The Morgan fingerprint density at radius 3 is 3.00 bits per heavy atom. The van der Waals surface area contributed by atoms with Crippen LogP contribution in [0.3, 0.4) is 0 Å². The number of rotatable bonds is 5. The average Bonchev–Trinajstić information content (AvgIpc) is 3.30. The van der Waals surface area contributed by atoms with Crippen LogP contribution in [0.2, 0.25) is 0 Å². The van der Waals surface area contributed by atoms with Crippen molar-refractivity contribution >= 4 is 33.1 Å². The van der Waals surface area contributed by atoms with E-state index in [1.54, 1.807) is 20.8 Å². The summed E-state index contributed by atoms with van der Waals surface area (Å²) >= 11 is 1.75. The fourth-order valence-electron chi connectivity index (χ4n) is 3.79. The number of quaternary nitrogens is 1. The largest absolute Gasteiger partial charge is 0.395 e. The first-order valence-electron chi connectivity index (χ1n) is 9.08. The molecule has 0 bridgehead atoms. The maximum Gasteiger partial charge on any atom is 0.276 e. The Morgan fingerprint density at radius 2 is 2.15 bits per heavy atom. The molecule has 0 saturated heterocycles. The summed E-state index contributed by atoms with van der Waals surface area (Å²) in [7, 11) is 0. The van der Waals surface area contributed by atoms with E-state index in [-0.39, 0.29) is 6.61 Å². The van der Waals surface area contributed by atoms with Gasteiger partial charge in [0.25, 0.3) is 5.78 Å². The summed E-state index contributed by atoms with van der Waals surface area (Å²) in [5, 5.41) is 25.4. The standard InChI is InChI=1S/C18H19N7OS/c26-9-7-19-16-15-13-6-8-24(10-12-4-2-1-3-5-12)11-14(13)27-17(15)25-18(20-16)21-22-23-25/h1-5,26H,6-11H2,(H,19,20,21,23)/p+1. The van der Waals surface area contributed by atoms with Crippen LogP contribution in [-0.2, 0) is 19.5 Å². The summed E-state index contributed by atoms with van der Waals surface area (Å²) in [4.78, 5) is 8.53. The molecule has 1 atom stereocenters. The maximum absolute atomic E-state index is 9.20. The molecule has 3 aromatic heterocycles. The van der Waals surface area contributed by atoms with Crippen LogP contribution in [0, 0.1) is 0 Å². The molecule has 0 radical (unpaired) electrons. The Bertz CT molecular complexity index is 1090. The molecular formula is C18H20N7OS+. The molecule has 0 spiro atoms. The Hall–Kier alpha value is -2.62. The molecule has 0 fully saturated rings. The molecule has 0 amide bonds. The lowest BCUT2D eigenvalue weighted by atomic mass is 10.0. The van der Waals surface area contributed by atoms with Crippen LogP contribution in [0.25, 0.3) is 16.0 Å². The van der Waals surface area contributed by atoms with Gasteiger partial charge in [0, 0.05) is 18.5 Å². The van der Waals surface area contributed by atoms with E-state index in [0.717, 1.165) is 42.1 Å². The Morgan fingerprint density at radius 1 is 1.26 bits per heavy atom. The highest BCUT2D eigenvalue weighted by molar-refractivity contribution is 7.19. The molecule has 3 N–H and O–H groups in total. The van der Waals surface area contributed by atoms with Gasteiger partial charge in [0.05, 0.1) is 23.4 Å². The Kier molecular flexibility index (Phi) is 4.19. The number of hydrogen-bond donors (Lipinski definition) is 3. The SMILES string of the molecule is OCCNc1nc2nnnn2c2sc3c(c12)CC[NH+](Cc1ccccc1)C3. The minimum atomic E-state index is 0.0562. The number of thiophene rings is 1. The van der Waals surface area contributed by atoms with Crippen LogP contribution in [-0.4, -0.2) is 49.8 Å². The zero-order valence-corrected chi connectivity index (χ0v) is 15.5. The number of aromatic nitrogens is 5. The van der Waals surface area contributed by atoms with Crippen molar-refractivity contribution in [1.82, 2.24) is 25.0 Å². The number of fused-ring (bicyclic) bond motifs is 5. The van der Waals surface area contributed by atoms with Crippen molar-refractivity contribution in [3.8, 4) is 0 Å². The average molecular weight is 382 g/mol. The van der Waals surface area contributed by atoms with E-state index in [9.17, 15) is 5.11 Å². The zero-order chi connectivity index (χ0) is 18.2. The van der Waals surface area contributed by atoms with E-state index in [2.05, 4.69) is 56.2 Å². The van der Waals surface area contributed by atoms with Gasteiger partial charge in [0.15, 0.2) is 0 Å². The van der Waals surface area contributed by atoms with E-state index >= 15 is 0 Å². The molecule has 4 heterocycles. The number of benzene rings is 1. The second-order valence-electron chi connectivity index (χ2n) is 6.77. The molecule has 4 aromatic rings. The maximum atomic E-state index is 9.20. The van der Waals surface area contributed by atoms with Crippen molar-refractivity contribution in [2.24, 2.45) is 0 Å². The summed E-state index contributed by atoms with van der Waals surface area (Å²) in [6.45, 7) is 3.62. The van der Waals surface area contributed by atoms with Crippen molar-refractivity contribution in [1.29, 1.82) is 0 Å². The number of nitrogens with one attached hydrogen (secondary N) is 2. The van der Waals surface area contributed by atoms with Gasteiger partial charge in [-0.15, -0.1) is 11.3 Å². The molecule has 8 nitrogen and oxygen atoms in total. The van der Waals surface area contributed by atoms with Crippen LogP contribution in [0.1, 0.15) is 16.0 Å². The van der Waals surface area contributed by atoms with Crippen molar-refractivity contribution in [3.63, 3.8) is 0 Å². The van der Waals surface area contributed by atoms with Crippen molar-refractivity contribution in [2.45, 2.75) is 19.5 Å². The fourth-order valence-corrected chi connectivity index (χ4v) is 5.16. The van der Waals surface area contributed by atoms with Crippen molar-refractivity contribution in [2.75, 3.05) is 25.0 Å². The predicted octanol–water partition coefficient (Wildman–Crippen LogP) is 0.279. The molecule has 5 rings (SSSR count). The second kappa shape index (κ2) is 6.84. The third kappa shape index (κ3) is 2.93. The lowest BCUT2D eigenvalue weighted by Crippen LogP contribution is -3.10. The number of tetrazole rings is 1. The highest BCUT2D eigenvalue weighted by atomic mass is 32.1. The number of aliphatic hydroxyl groups excluding tert-OH is 1. The highest BCUT2D eigenvalue weighted by Gasteiger charge is 2.27. The molecule has 1 unspecified atom stereocenters. The van der Waals surface area contributed by atoms with Gasteiger partial charge in [0.2, 0.25) is 0 Å². The molecule has 0 aliphatic carbocycles. The van der Waals surface area contributed by atoms with Gasteiger partial charge in [-0.2, -0.15) is 9.50 Å². The topological polar surface area (TPSA) is 92.7 Å². The van der Waals surface area contributed by atoms with Gasteiger partial charge >= 0.3 is 0 Å². The van der Waals surface area contributed by atoms with Gasteiger partial charge in [-0.1, -0.05) is 35.4 Å². The van der Waals surface area contributed by atoms with Crippen LogP contribution in [0.5, 0.6) is 0 Å². The van der Waals surface area contributed by atoms with Crippen molar-refractivity contribution in [3.05, 3.63) is 46.3 Å². The number of anilines is 1. The molecular weight excluding hydrogens is 362 g/mol. The predicted molar refractivity (Wildman–Crippen MR) is 103 cm³/mol. The van der Waals surface area contributed by atoms with E-state index in [4.69, 9.17) is 0 Å². The molecule has 1 aliphatic heterocycles. The van der Waals surface area contributed by atoms with E-state index in [0.29, 0.717) is 12.3 Å². The first-order chi connectivity index (χ1) is 13.3. The lowest BCUT2D eigenvalue weighted by molar-refractivity contribution is -0.929. The molecule has 9 heteroatoms. The van der Waals surface area contributed by atoms with Crippen LogP contribution in [0.15, 0.2) is 30.3 Å². The van der Waals surface area contributed by atoms with Crippen LogP contribution < -0.4 is 10.2 Å². The zero-order valence-electron chi connectivity index (χ0n) is 14.7. The van der Waals surface area contributed by atoms with Crippen LogP contribution >= 0.6 is 11.3 Å². The second-order valence-corrected chi connectivity index (χ2v) is 7.86. The Balaban J connectivity index is 1.54.